The first-order valence-electron chi connectivity index (χ1n) is 5.87. The van der Waals surface area contributed by atoms with E-state index >= 15 is 0 Å². The Bertz CT molecular complexity index is 102. The predicted octanol–water partition coefficient (Wildman–Crippen LogP) is 5.20. The van der Waals surface area contributed by atoms with E-state index in [1.54, 1.807) is 0 Å². The van der Waals surface area contributed by atoms with Crippen LogP contribution in [-0.4, -0.2) is 7.25 Å². The molecule has 0 N–H and O–H groups in total. The molecule has 0 aromatic heterocycles. The van der Waals surface area contributed by atoms with E-state index in [4.69, 9.17) is 0 Å². The number of hydrogen-bond acceptors (Lipinski definition) is 0. The third-order valence-electron chi connectivity index (χ3n) is 2.50. The number of halogens is 4. The summed E-state index contributed by atoms with van der Waals surface area (Å²) >= 11 is 0. The summed E-state index contributed by atoms with van der Waals surface area (Å²) in [4.78, 5) is 0. The molecule has 0 unspecified atom stereocenters. The molecule has 2 aliphatic carbocycles. The van der Waals surface area contributed by atoms with Crippen molar-refractivity contribution in [2.45, 2.75) is 64.2 Å². The molecule has 0 heterocycles. The van der Waals surface area contributed by atoms with E-state index in [0.29, 0.717) is 0 Å². The fraction of sp³-hybridized carbons (Fsp3) is 1.00. The van der Waals surface area contributed by atoms with Gasteiger partial charge in [0.05, 0.1) is 0 Å². The van der Waals surface area contributed by atoms with Gasteiger partial charge in [-0.2, -0.15) is 0 Å². The summed E-state index contributed by atoms with van der Waals surface area (Å²) in [6.45, 7) is 0. The first-order chi connectivity index (χ1) is 7.00. The van der Waals surface area contributed by atoms with Crippen molar-refractivity contribution in [3.63, 3.8) is 0 Å². The average molecular weight is 283 g/mol. The minimum absolute atomic E-state index is 0. The fourth-order valence-electron chi connectivity index (χ4n) is 1.77. The Balaban J connectivity index is 0. The van der Waals surface area contributed by atoms with Crippen LogP contribution in [0.25, 0.3) is 0 Å². The maximum Gasteiger partial charge on any atom is 0.673 e. The summed E-state index contributed by atoms with van der Waals surface area (Å²) in [7, 11) is -6.00. The molecular formula is C10H20BF4Fe-. The van der Waals surface area contributed by atoms with E-state index in [0.717, 1.165) is 0 Å². The second-order valence-electron chi connectivity index (χ2n) is 4.03. The fourth-order valence-corrected chi connectivity index (χ4v) is 1.77. The molecule has 0 spiro atoms. The second kappa shape index (κ2) is 11.8. The van der Waals surface area contributed by atoms with Crippen molar-refractivity contribution in [3.05, 3.63) is 0 Å². The van der Waals surface area contributed by atoms with Crippen molar-refractivity contribution < 1.29 is 34.3 Å². The van der Waals surface area contributed by atoms with Gasteiger partial charge in [0.15, 0.2) is 0 Å². The van der Waals surface area contributed by atoms with Gasteiger partial charge in [-0.3, -0.25) is 0 Å². The standard InChI is InChI=1S/2C5H10.BF4.Fe/c2*1-2-4-5-3-1;2-1(3,4)5;/h2*1-5H2;;/q;;-1;. The third-order valence-corrected chi connectivity index (χ3v) is 2.50. The van der Waals surface area contributed by atoms with Crippen LogP contribution in [0.5, 0.6) is 0 Å². The van der Waals surface area contributed by atoms with Crippen LogP contribution in [0.15, 0.2) is 0 Å². The molecule has 0 nitrogen and oxygen atoms in total. The van der Waals surface area contributed by atoms with Gasteiger partial charge in [0.25, 0.3) is 0 Å². The van der Waals surface area contributed by atoms with E-state index in [-0.39, 0.29) is 17.1 Å². The molecule has 2 saturated carbocycles. The SMILES string of the molecule is C1CCCC1.C1CCCC1.F[B-](F)(F)F.[Fe]. The molecule has 0 aromatic carbocycles. The summed E-state index contributed by atoms with van der Waals surface area (Å²) in [6.07, 6.45) is 15.0. The Morgan fingerprint density at radius 1 is 0.438 bits per heavy atom. The molecule has 2 fully saturated rings. The molecule has 2 rings (SSSR count). The zero-order chi connectivity index (χ0) is 11.6. The van der Waals surface area contributed by atoms with Crippen LogP contribution in [-0.2, 0) is 17.1 Å². The molecule has 0 atom stereocenters. The van der Waals surface area contributed by atoms with Gasteiger partial charge in [-0.25, -0.2) is 0 Å². The van der Waals surface area contributed by atoms with Crippen molar-refractivity contribution in [3.8, 4) is 0 Å². The smallest absolute Gasteiger partial charge is 0.418 e. The Labute approximate surface area is 106 Å². The summed E-state index contributed by atoms with van der Waals surface area (Å²) in [6, 6.07) is 0. The first kappa shape index (κ1) is 18.7. The third kappa shape index (κ3) is 23.8. The molecule has 0 aliphatic heterocycles. The predicted molar refractivity (Wildman–Crippen MR) is 56.4 cm³/mol. The van der Waals surface area contributed by atoms with Crippen LogP contribution in [0.3, 0.4) is 0 Å². The minimum Gasteiger partial charge on any atom is -0.418 e. The monoisotopic (exact) mass is 283 g/mol. The summed E-state index contributed by atoms with van der Waals surface area (Å²) < 4.78 is 39.0. The van der Waals surface area contributed by atoms with Crippen LogP contribution in [0.1, 0.15) is 64.2 Å². The number of rotatable bonds is 0. The quantitative estimate of drug-likeness (QED) is 0.423. The van der Waals surface area contributed by atoms with Crippen LogP contribution in [0, 0.1) is 0 Å². The van der Waals surface area contributed by atoms with Crippen molar-refractivity contribution >= 4 is 7.25 Å². The van der Waals surface area contributed by atoms with Gasteiger partial charge in [0, 0.05) is 17.1 Å². The van der Waals surface area contributed by atoms with Crippen molar-refractivity contribution in [1.82, 2.24) is 0 Å². The first-order valence-corrected chi connectivity index (χ1v) is 5.87. The molecule has 0 radical (unpaired) electrons. The summed E-state index contributed by atoms with van der Waals surface area (Å²) in [5, 5.41) is 0. The molecule has 16 heavy (non-hydrogen) atoms. The normalized spacial score (nSPS) is 18.8. The Hall–Kier alpha value is 0.304. The molecule has 6 heteroatoms. The van der Waals surface area contributed by atoms with Gasteiger partial charge in [-0.1, -0.05) is 64.2 Å². The molecule has 0 saturated heterocycles. The van der Waals surface area contributed by atoms with Gasteiger partial charge in [0.1, 0.15) is 0 Å². The van der Waals surface area contributed by atoms with Crippen molar-refractivity contribution in [2.24, 2.45) is 0 Å². The van der Waals surface area contributed by atoms with Crippen molar-refractivity contribution in [1.29, 1.82) is 0 Å². The Kier molecular flexibility index (Phi) is 13.7. The van der Waals surface area contributed by atoms with E-state index in [2.05, 4.69) is 0 Å². The van der Waals surface area contributed by atoms with Gasteiger partial charge in [0.2, 0.25) is 0 Å². The van der Waals surface area contributed by atoms with Crippen LogP contribution >= 0.6 is 0 Å². The second-order valence-corrected chi connectivity index (χ2v) is 4.03. The molecular weight excluding hydrogens is 263 g/mol. The van der Waals surface area contributed by atoms with Gasteiger partial charge >= 0.3 is 7.25 Å². The summed E-state index contributed by atoms with van der Waals surface area (Å²) in [5.41, 5.74) is 0. The largest absolute Gasteiger partial charge is 0.673 e. The number of hydrogen-bond donors (Lipinski definition) is 0. The van der Waals surface area contributed by atoms with Crippen LogP contribution in [0.2, 0.25) is 0 Å². The molecule has 0 bridgehead atoms. The van der Waals surface area contributed by atoms with Gasteiger partial charge in [-0.05, 0) is 0 Å². The van der Waals surface area contributed by atoms with E-state index in [1.165, 1.54) is 64.2 Å². The average Bonchev–Trinajstić information content (AvgIpc) is 2.81. The molecule has 0 aromatic rings. The van der Waals surface area contributed by atoms with E-state index < -0.39 is 7.25 Å². The maximum atomic E-state index is 9.75. The molecule has 2 aliphatic rings. The van der Waals surface area contributed by atoms with Gasteiger partial charge < -0.3 is 17.3 Å². The molecule has 0 amide bonds. The maximum absolute atomic E-state index is 9.75. The van der Waals surface area contributed by atoms with E-state index in [9.17, 15) is 17.3 Å². The van der Waals surface area contributed by atoms with Crippen LogP contribution in [0.4, 0.5) is 17.3 Å². The zero-order valence-corrected chi connectivity index (χ0v) is 10.6. The Morgan fingerprint density at radius 2 is 0.500 bits per heavy atom. The topological polar surface area (TPSA) is 0 Å². The van der Waals surface area contributed by atoms with Crippen LogP contribution < -0.4 is 0 Å². The molecule has 100 valence electrons. The minimum atomic E-state index is -6.00. The van der Waals surface area contributed by atoms with Crippen molar-refractivity contribution in [2.75, 3.05) is 0 Å². The van der Waals surface area contributed by atoms with Gasteiger partial charge in [-0.15, -0.1) is 0 Å². The summed E-state index contributed by atoms with van der Waals surface area (Å²) in [5.74, 6) is 0. The van der Waals surface area contributed by atoms with E-state index in [1.807, 2.05) is 0 Å². The Morgan fingerprint density at radius 3 is 0.562 bits per heavy atom. The zero-order valence-electron chi connectivity index (χ0n) is 9.51.